The first-order chi connectivity index (χ1) is 14.0. The molecule has 3 rings (SSSR count). The van der Waals surface area contributed by atoms with Gasteiger partial charge < -0.3 is 10.2 Å². The van der Waals surface area contributed by atoms with Crippen molar-refractivity contribution in [2.45, 2.75) is 32.4 Å². The number of halogens is 1. The third-order valence-electron chi connectivity index (χ3n) is 5.22. The van der Waals surface area contributed by atoms with Crippen molar-refractivity contribution >= 4 is 11.8 Å². The molecule has 1 unspecified atom stereocenters. The molecule has 0 bridgehead atoms. The Balaban J connectivity index is 1.57. The molecule has 1 atom stereocenters. The third-order valence-corrected chi connectivity index (χ3v) is 5.22. The Morgan fingerprint density at radius 3 is 2.41 bits per heavy atom. The second-order valence-corrected chi connectivity index (χ2v) is 7.50. The van der Waals surface area contributed by atoms with Crippen molar-refractivity contribution in [1.82, 2.24) is 15.1 Å². The van der Waals surface area contributed by atoms with E-state index in [9.17, 15) is 14.0 Å². The molecule has 0 aromatic heterocycles. The average molecular weight is 397 g/mol. The van der Waals surface area contributed by atoms with E-state index >= 15 is 0 Å². The summed E-state index contributed by atoms with van der Waals surface area (Å²) in [5.41, 5.74) is 2.00. The van der Waals surface area contributed by atoms with Gasteiger partial charge in [0, 0.05) is 39.6 Å². The molecule has 0 spiro atoms. The lowest BCUT2D eigenvalue weighted by atomic mass is 10.0. The Morgan fingerprint density at radius 1 is 1.00 bits per heavy atom. The monoisotopic (exact) mass is 397 g/mol. The zero-order chi connectivity index (χ0) is 20.6. The van der Waals surface area contributed by atoms with Crippen molar-refractivity contribution in [2.24, 2.45) is 0 Å². The molecule has 2 aromatic carbocycles. The first-order valence-corrected chi connectivity index (χ1v) is 10.1. The minimum atomic E-state index is -0.320. The molecule has 5 nitrogen and oxygen atoms in total. The standard InChI is InChI=1S/C23H28FN3O2/c1-18(28)25-22(20-6-3-2-4-7-20)16-23(29)27-13-5-12-26(14-15-27)17-19-8-10-21(24)11-9-19/h2-4,6-11,22H,5,12-17H2,1H3,(H,25,28). The van der Waals surface area contributed by atoms with E-state index in [-0.39, 0.29) is 30.1 Å². The van der Waals surface area contributed by atoms with Gasteiger partial charge in [-0.25, -0.2) is 4.39 Å². The van der Waals surface area contributed by atoms with E-state index in [1.54, 1.807) is 12.1 Å². The molecule has 1 N–H and O–H groups in total. The molecule has 0 saturated carbocycles. The van der Waals surface area contributed by atoms with E-state index in [1.165, 1.54) is 19.1 Å². The average Bonchev–Trinajstić information content (AvgIpc) is 2.95. The van der Waals surface area contributed by atoms with Crippen molar-refractivity contribution in [3.05, 3.63) is 71.5 Å². The van der Waals surface area contributed by atoms with Gasteiger partial charge in [0.2, 0.25) is 11.8 Å². The second kappa shape index (κ2) is 10.2. The lowest BCUT2D eigenvalue weighted by Gasteiger charge is -2.25. The lowest BCUT2D eigenvalue weighted by molar-refractivity contribution is -0.132. The summed E-state index contributed by atoms with van der Waals surface area (Å²) < 4.78 is 13.1. The third kappa shape index (κ3) is 6.39. The fourth-order valence-electron chi connectivity index (χ4n) is 3.71. The van der Waals surface area contributed by atoms with Crippen molar-refractivity contribution < 1.29 is 14.0 Å². The number of hydrogen-bond acceptors (Lipinski definition) is 3. The van der Waals surface area contributed by atoms with E-state index in [1.807, 2.05) is 35.2 Å². The van der Waals surface area contributed by atoms with Crippen molar-refractivity contribution in [3.63, 3.8) is 0 Å². The van der Waals surface area contributed by atoms with E-state index in [2.05, 4.69) is 10.2 Å². The molecule has 1 heterocycles. The molecule has 2 aromatic rings. The van der Waals surface area contributed by atoms with Crippen LogP contribution in [0.3, 0.4) is 0 Å². The van der Waals surface area contributed by atoms with Crippen LogP contribution in [0, 0.1) is 5.82 Å². The highest BCUT2D eigenvalue weighted by Gasteiger charge is 2.23. The summed E-state index contributed by atoms with van der Waals surface area (Å²) in [7, 11) is 0. The molecular formula is C23H28FN3O2. The summed E-state index contributed by atoms with van der Waals surface area (Å²) in [5, 5.41) is 2.90. The molecule has 0 aliphatic carbocycles. The summed E-state index contributed by atoms with van der Waals surface area (Å²) in [6, 6.07) is 15.9. The van der Waals surface area contributed by atoms with Gasteiger partial charge in [-0.2, -0.15) is 0 Å². The van der Waals surface area contributed by atoms with Gasteiger partial charge in [0.1, 0.15) is 5.82 Å². The number of rotatable bonds is 6. The minimum Gasteiger partial charge on any atom is -0.349 e. The molecule has 1 saturated heterocycles. The number of nitrogens with zero attached hydrogens (tertiary/aromatic N) is 2. The first kappa shape index (κ1) is 21.0. The fraction of sp³-hybridized carbons (Fsp3) is 0.391. The zero-order valence-corrected chi connectivity index (χ0v) is 16.8. The van der Waals surface area contributed by atoms with Crippen LogP contribution in [0.4, 0.5) is 4.39 Å². The summed E-state index contributed by atoms with van der Waals surface area (Å²) in [5.74, 6) is -0.322. The predicted octanol–water partition coefficient (Wildman–Crippen LogP) is 3.13. The molecule has 1 aliphatic rings. The molecule has 1 aliphatic heterocycles. The highest BCUT2D eigenvalue weighted by molar-refractivity contribution is 5.79. The number of carbonyl (C=O) groups is 2. The number of amides is 2. The van der Waals surface area contributed by atoms with Gasteiger partial charge >= 0.3 is 0 Å². The molecular weight excluding hydrogens is 369 g/mol. The molecule has 1 fully saturated rings. The van der Waals surface area contributed by atoms with Crippen molar-refractivity contribution in [1.29, 1.82) is 0 Å². The Bertz CT molecular complexity index is 811. The van der Waals surface area contributed by atoms with Crippen LogP contribution in [0.25, 0.3) is 0 Å². The molecule has 154 valence electrons. The summed E-state index contributed by atoms with van der Waals surface area (Å²) in [6.07, 6.45) is 1.14. The van der Waals surface area contributed by atoms with Gasteiger partial charge in [0.15, 0.2) is 0 Å². The van der Waals surface area contributed by atoms with Crippen LogP contribution in [-0.4, -0.2) is 47.8 Å². The summed E-state index contributed by atoms with van der Waals surface area (Å²) in [4.78, 5) is 28.7. The lowest BCUT2D eigenvalue weighted by Crippen LogP contribution is -2.38. The largest absolute Gasteiger partial charge is 0.349 e. The van der Waals surface area contributed by atoms with E-state index < -0.39 is 0 Å². The van der Waals surface area contributed by atoms with Gasteiger partial charge in [-0.3, -0.25) is 14.5 Å². The van der Waals surface area contributed by atoms with Crippen LogP contribution >= 0.6 is 0 Å². The SMILES string of the molecule is CC(=O)NC(CC(=O)N1CCCN(Cc2ccc(F)cc2)CC1)c1ccccc1. The Kier molecular flexibility index (Phi) is 7.36. The van der Waals surface area contributed by atoms with Crippen LogP contribution in [-0.2, 0) is 16.1 Å². The van der Waals surface area contributed by atoms with Gasteiger partial charge in [0.05, 0.1) is 12.5 Å². The fourth-order valence-corrected chi connectivity index (χ4v) is 3.71. The first-order valence-electron chi connectivity index (χ1n) is 10.1. The highest BCUT2D eigenvalue weighted by atomic mass is 19.1. The maximum absolute atomic E-state index is 13.1. The molecule has 29 heavy (non-hydrogen) atoms. The predicted molar refractivity (Wildman–Crippen MR) is 110 cm³/mol. The van der Waals surface area contributed by atoms with E-state index in [0.29, 0.717) is 13.1 Å². The van der Waals surface area contributed by atoms with Gasteiger partial charge in [-0.15, -0.1) is 0 Å². The van der Waals surface area contributed by atoms with Crippen LogP contribution in [0.5, 0.6) is 0 Å². The Labute approximate surface area is 171 Å². The molecule has 2 amide bonds. The summed E-state index contributed by atoms with van der Waals surface area (Å²) in [6.45, 7) is 5.26. The highest BCUT2D eigenvalue weighted by Crippen LogP contribution is 2.19. The quantitative estimate of drug-likeness (QED) is 0.815. The molecule has 6 heteroatoms. The normalized spacial score (nSPS) is 16.1. The molecule has 0 radical (unpaired) electrons. The number of benzene rings is 2. The van der Waals surface area contributed by atoms with Crippen molar-refractivity contribution in [2.75, 3.05) is 26.2 Å². The van der Waals surface area contributed by atoms with E-state index in [0.717, 1.165) is 37.2 Å². The van der Waals surface area contributed by atoms with Gasteiger partial charge in [-0.05, 0) is 29.7 Å². The zero-order valence-electron chi connectivity index (χ0n) is 16.8. The summed E-state index contributed by atoms with van der Waals surface area (Å²) >= 11 is 0. The Hall–Kier alpha value is -2.73. The maximum Gasteiger partial charge on any atom is 0.225 e. The number of hydrogen-bond donors (Lipinski definition) is 1. The number of carbonyl (C=O) groups excluding carboxylic acids is 2. The van der Waals surface area contributed by atoms with Gasteiger partial charge in [-0.1, -0.05) is 42.5 Å². The second-order valence-electron chi connectivity index (χ2n) is 7.50. The Morgan fingerprint density at radius 2 is 1.72 bits per heavy atom. The van der Waals surface area contributed by atoms with Gasteiger partial charge in [0.25, 0.3) is 0 Å². The maximum atomic E-state index is 13.1. The van der Waals surface area contributed by atoms with E-state index in [4.69, 9.17) is 0 Å². The van der Waals surface area contributed by atoms with Crippen LogP contribution in [0.1, 0.15) is 36.9 Å². The van der Waals surface area contributed by atoms with Crippen molar-refractivity contribution in [3.8, 4) is 0 Å². The number of nitrogens with one attached hydrogen (secondary N) is 1. The topological polar surface area (TPSA) is 52.7 Å². The van der Waals surface area contributed by atoms with Crippen LogP contribution in [0.15, 0.2) is 54.6 Å². The van der Waals surface area contributed by atoms with Crippen LogP contribution in [0.2, 0.25) is 0 Å². The smallest absolute Gasteiger partial charge is 0.225 e. The van der Waals surface area contributed by atoms with Crippen LogP contribution < -0.4 is 5.32 Å². The minimum absolute atomic E-state index is 0.0521.